The second-order valence-corrected chi connectivity index (χ2v) is 5.73. The van der Waals surface area contributed by atoms with Crippen molar-refractivity contribution in [3.63, 3.8) is 0 Å². The van der Waals surface area contributed by atoms with E-state index < -0.39 is 0 Å². The van der Waals surface area contributed by atoms with Crippen LogP contribution in [0.1, 0.15) is 17.5 Å². The summed E-state index contributed by atoms with van der Waals surface area (Å²) in [6.07, 6.45) is 3.68. The van der Waals surface area contributed by atoms with Gasteiger partial charge >= 0.3 is 0 Å². The molecule has 118 valence electrons. The molecule has 1 aromatic carbocycles. The topological polar surface area (TPSA) is 62.3 Å². The molecule has 1 aliphatic heterocycles. The van der Waals surface area contributed by atoms with Crippen LogP contribution in [0.25, 0.3) is 0 Å². The van der Waals surface area contributed by atoms with Crippen LogP contribution in [0, 0.1) is 5.92 Å². The number of amides is 2. The molecule has 5 heteroatoms. The molecule has 0 aliphatic carbocycles. The lowest BCUT2D eigenvalue weighted by Crippen LogP contribution is -2.32. The van der Waals surface area contributed by atoms with Crippen molar-refractivity contribution in [2.45, 2.75) is 19.5 Å². The van der Waals surface area contributed by atoms with Gasteiger partial charge < -0.3 is 10.2 Å². The molecule has 1 atom stereocenters. The van der Waals surface area contributed by atoms with Gasteiger partial charge in [0.1, 0.15) is 0 Å². The SMILES string of the molecule is O=C(NCc1ccncc1)C1CC(=O)N(Cc2ccccc2)C1. The fourth-order valence-electron chi connectivity index (χ4n) is 2.74. The molecule has 1 aliphatic rings. The molecule has 0 spiro atoms. The molecule has 1 N–H and O–H groups in total. The largest absolute Gasteiger partial charge is 0.352 e. The van der Waals surface area contributed by atoms with E-state index in [9.17, 15) is 9.59 Å². The van der Waals surface area contributed by atoms with Gasteiger partial charge in [0.25, 0.3) is 0 Å². The highest BCUT2D eigenvalue weighted by Crippen LogP contribution is 2.20. The van der Waals surface area contributed by atoms with Gasteiger partial charge in [-0.3, -0.25) is 14.6 Å². The monoisotopic (exact) mass is 309 g/mol. The summed E-state index contributed by atoms with van der Waals surface area (Å²) in [4.78, 5) is 30.1. The zero-order valence-electron chi connectivity index (χ0n) is 12.8. The average Bonchev–Trinajstić information content (AvgIpc) is 2.95. The summed E-state index contributed by atoms with van der Waals surface area (Å²) in [7, 11) is 0. The van der Waals surface area contributed by atoms with Crippen LogP contribution >= 0.6 is 0 Å². The van der Waals surface area contributed by atoms with Crippen LogP contribution < -0.4 is 5.32 Å². The summed E-state index contributed by atoms with van der Waals surface area (Å²) < 4.78 is 0. The van der Waals surface area contributed by atoms with Crippen molar-refractivity contribution in [3.8, 4) is 0 Å². The highest BCUT2D eigenvalue weighted by Gasteiger charge is 2.33. The first-order valence-corrected chi connectivity index (χ1v) is 7.70. The van der Waals surface area contributed by atoms with E-state index in [1.807, 2.05) is 42.5 Å². The Morgan fingerprint density at radius 2 is 1.87 bits per heavy atom. The van der Waals surface area contributed by atoms with Gasteiger partial charge in [0.05, 0.1) is 5.92 Å². The molecule has 23 heavy (non-hydrogen) atoms. The van der Waals surface area contributed by atoms with Crippen LogP contribution in [0.4, 0.5) is 0 Å². The van der Waals surface area contributed by atoms with Crippen LogP contribution in [0.5, 0.6) is 0 Å². The zero-order valence-corrected chi connectivity index (χ0v) is 12.8. The summed E-state index contributed by atoms with van der Waals surface area (Å²) in [5, 5.41) is 2.90. The lowest BCUT2D eigenvalue weighted by atomic mass is 10.1. The number of pyridine rings is 1. The Morgan fingerprint density at radius 3 is 2.61 bits per heavy atom. The molecule has 0 bridgehead atoms. The van der Waals surface area contributed by atoms with Gasteiger partial charge in [-0.15, -0.1) is 0 Å². The van der Waals surface area contributed by atoms with E-state index in [-0.39, 0.29) is 24.2 Å². The number of carbonyl (C=O) groups excluding carboxylic acids is 2. The first kappa shape index (κ1) is 15.2. The Balaban J connectivity index is 1.53. The molecular formula is C18H19N3O2. The Morgan fingerprint density at radius 1 is 1.13 bits per heavy atom. The molecule has 1 aromatic heterocycles. The Labute approximate surface area is 135 Å². The van der Waals surface area contributed by atoms with Crippen molar-refractivity contribution in [2.24, 2.45) is 5.92 Å². The first-order valence-electron chi connectivity index (χ1n) is 7.70. The molecular weight excluding hydrogens is 290 g/mol. The molecule has 2 heterocycles. The normalized spacial score (nSPS) is 17.3. The standard InChI is InChI=1S/C18H19N3O2/c22-17-10-16(13-21(17)12-15-4-2-1-3-5-15)18(23)20-11-14-6-8-19-9-7-14/h1-9,16H,10-13H2,(H,20,23). The summed E-state index contributed by atoms with van der Waals surface area (Å²) in [6, 6.07) is 13.6. The number of likely N-dealkylation sites (tertiary alicyclic amines) is 1. The van der Waals surface area contributed by atoms with Crippen molar-refractivity contribution < 1.29 is 9.59 Å². The fourth-order valence-corrected chi connectivity index (χ4v) is 2.74. The van der Waals surface area contributed by atoms with Crippen LogP contribution in [0.15, 0.2) is 54.9 Å². The number of nitrogens with zero attached hydrogens (tertiary/aromatic N) is 2. The van der Waals surface area contributed by atoms with Crippen molar-refractivity contribution in [1.29, 1.82) is 0 Å². The van der Waals surface area contributed by atoms with E-state index in [2.05, 4.69) is 10.3 Å². The molecule has 1 fully saturated rings. The highest BCUT2D eigenvalue weighted by molar-refractivity contribution is 5.89. The van der Waals surface area contributed by atoms with E-state index in [0.29, 0.717) is 19.6 Å². The fraction of sp³-hybridized carbons (Fsp3) is 0.278. The summed E-state index contributed by atoms with van der Waals surface area (Å²) in [5.74, 6) is -0.295. The lowest BCUT2D eigenvalue weighted by Gasteiger charge is -2.16. The number of hydrogen-bond donors (Lipinski definition) is 1. The quantitative estimate of drug-likeness (QED) is 0.915. The van der Waals surface area contributed by atoms with Crippen LogP contribution in [-0.2, 0) is 22.7 Å². The first-order chi connectivity index (χ1) is 11.2. The van der Waals surface area contributed by atoms with Crippen LogP contribution in [0.2, 0.25) is 0 Å². The van der Waals surface area contributed by atoms with Gasteiger partial charge in [0.2, 0.25) is 11.8 Å². The predicted molar refractivity (Wildman–Crippen MR) is 86.0 cm³/mol. The van der Waals surface area contributed by atoms with Crippen LogP contribution in [-0.4, -0.2) is 28.2 Å². The maximum absolute atomic E-state index is 12.3. The molecule has 1 saturated heterocycles. The predicted octanol–water partition coefficient (Wildman–Crippen LogP) is 1.75. The molecule has 5 nitrogen and oxygen atoms in total. The highest BCUT2D eigenvalue weighted by atomic mass is 16.2. The van der Waals surface area contributed by atoms with E-state index >= 15 is 0 Å². The Hall–Kier alpha value is -2.69. The van der Waals surface area contributed by atoms with Gasteiger partial charge in [0.15, 0.2) is 0 Å². The van der Waals surface area contributed by atoms with Crippen molar-refractivity contribution in [1.82, 2.24) is 15.2 Å². The zero-order chi connectivity index (χ0) is 16.1. The summed E-state index contributed by atoms with van der Waals surface area (Å²) in [5.41, 5.74) is 2.08. The van der Waals surface area contributed by atoms with Gasteiger partial charge in [-0.05, 0) is 23.3 Å². The molecule has 1 unspecified atom stereocenters. The molecule has 0 saturated carbocycles. The van der Waals surface area contributed by atoms with E-state index in [0.717, 1.165) is 11.1 Å². The smallest absolute Gasteiger partial charge is 0.225 e. The van der Waals surface area contributed by atoms with Crippen molar-refractivity contribution in [3.05, 3.63) is 66.0 Å². The third-order valence-electron chi connectivity index (χ3n) is 4.02. The molecule has 2 amide bonds. The molecule has 3 rings (SSSR count). The molecule has 0 radical (unpaired) electrons. The third-order valence-corrected chi connectivity index (χ3v) is 4.02. The number of nitrogens with one attached hydrogen (secondary N) is 1. The minimum atomic E-state index is -0.270. The Bertz CT molecular complexity index is 673. The number of rotatable bonds is 5. The summed E-state index contributed by atoms with van der Waals surface area (Å²) in [6.45, 7) is 1.51. The van der Waals surface area contributed by atoms with Crippen molar-refractivity contribution >= 4 is 11.8 Å². The van der Waals surface area contributed by atoms with Gasteiger partial charge in [-0.25, -0.2) is 0 Å². The van der Waals surface area contributed by atoms with Gasteiger partial charge in [0, 0.05) is 38.4 Å². The maximum Gasteiger partial charge on any atom is 0.225 e. The van der Waals surface area contributed by atoms with Gasteiger partial charge in [-0.1, -0.05) is 30.3 Å². The second-order valence-electron chi connectivity index (χ2n) is 5.73. The third kappa shape index (κ3) is 3.94. The average molecular weight is 309 g/mol. The molecule has 2 aromatic rings. The van der Waals surface area contributed by atoms with E-state index in [4.69, 9.17) is 0 Å². The number of benzene rings is 1. The van der Waals surface area contributed by atoms with Crippen molar-refractivity contribution in [2.75, 3.05) is 6.54 Å². The number of carbonyl (C=O) groups is 2. The van der Waals surface area contributed by atoms with Crippen LogP contribution in [0.3, 0.4) is 0 Å². The van der Waals surface area contributed by atoms with E-state index in [1.54, 1.807) is 17.3 Å². The van der Waals surface area contributed by atoms with Gasteiger partial charge in [-0.2, -0.15) is 0 Å². The minimum absolute atomic E-state index is 0.0397. The number of aromatic nitrogens is 1. The minimum Gasteiger partial charge on any atom is -0.352 e. The Kier molecular flexibility index (Phi) is 4.66. The summed E-state index contributed by atoms with van der Waals surface area (Å²) >= 11 is 0. The second kappa shape index (κ2) is 7.05. The number of hydrogen-bond acceptors (Lipinski definition) is 3. The maximum atomic E-state index is 12.3. The lowest BCUT2D eigenvalue weighted by molar-refractivity contribution is -0.129. The van der Waals surface area contributed by atoms with E-state index in [1.165, 1.54) is 0 Å².